The van der Waals surface area contributed by atoms with E-state index in [4.69, 9.17) is 14.2 Å². The van der Waals surface area contributed by atoms with Gasteiger partial charge in [-0.15, -0.1) is 0 Å². The maximum absolute atomic E-state index is 12.5. The molecule has 0 bridgehead atoms. The Labute approximate surface area is 158 Å². The number of aromatic nitrogens is 1. The van der Waals surface area contributed by atoms with Crippen molar-refractivity contribution < 1.29 is 19.0 Å². The van der Waals surface area contributed by atoms with Crippen molar-refractivity contribution in [2.75, 3.05) is 46.1 Å². The van der Waals surface area contributed by atoms with Crippen LogP contribution in [0.15, 0.2) is 42.6 Å². The Balaban J connectivity index is 1.60. The summed E-state index contributed by atoms with van der Waals surface area (Å²) in [6.07, 6.45) is 1.94. The van der Waals surface area contributed by atoms with Crippen molar-refractivity contribution in [1.82, 2.24) is 9.30 Å². The van der Waals surface area contributed by atoms with Gasteiger partial charge in [-0.25, -0.2) is 4.79 Å². The number of ether oxygens (including phenoxy) is 3. The lowest BCUT2D eigenvalue weighted by atomic mass is 10.1. The summed E-state index contributed by atoms with van der Waals surface area (Å²) in [7, 11) is 0. The Hall–Kier alpha value is -2.57. The van der Waals surface area contributed by atoms with Crippen LogP contribution in [-0.2, 0) is 9.47 Å². The summed E-state index contributed by atoms with van der Waals surface area (Å²) in [5, 5.41) is 0.890. The second-order valence-electron chi connectivity index (χ2n) is 6.54. The van der Waals surface area contributed by atoms with Gasteiger partial charge in [-0.2, -0.15) is 0 Å². The molecule has 1 aliphatic rings. The minimum atomic E-state index is -0.294. The van der Waals surface area contributed by atoms with Gasteiger partial charge < -0.3 is 18.6 Å². The van der Waals surface area contributed by atoms with Crippen molar-refractivity contribution >= 4 is 22.4 Å². The highest BCUT2D eigenvalue weighted by atomic mass is 16.5. The van der Waals surface area contributed by atoms with E-state index in [1.165, 1.54) is 0 Å². The van der Waals surface area contributed by atoms with Gasteiger partial charge in [-0.3, -0.25) is 4.90 Å². The second kappa shape index (κ2) is 7.98. The summed E-state index contributed by atoms with van der Waals surface area (Å²) in [5.74, 6) is 0.490. The Bertz CT molecular complexity index is 944. The van der Waals surface area contributed by atoms with E-state index in [9.17, 15) is 4.79 Å². The summed E-state index contributed by atoms with van der Waals surface area (Å²) in [6, 6.07) is 11.7. The van der Waals surface area contributed by atoms with Crippen molar-refractivity contribution in [2.24, 2.45) is 0 Å². The molecule has 142 valence electrons. The van der Waals surface area contributed by atoms with Crippen LogP contribution < -0.4 is 4.74 Å². The van der Waals surface area contributed by atoms with Crippen molar-refractivity contribution in [3.63, 3.8) is 0 Å². The number of carbonyl (C=O) groups excluding carboxylic acids is 1. The highest BCUT2D eigenvalue weighted by Crippen LogP contribution is 2.29. The van der Waals surface area contributed by atoms with E-state index in [0.717, 1.165) is 55.0 Å². The highest BCUT2D eigenvalue weighted by Gasteiger charge is 2.19. The topological polar surface area (TPSA) is 52.4 Å². The predicted molar refractivity (Wildman–Crippen MR) is 104 cm³/mol. The molecule has 0 radical (unpaired) electrons. The fourth-order valence-corrected chi connectivity index (χ4v) is 3.54. The molecule has 0 aliphatic carbocycles. The molecule has 3 heterocycles. The molecule has 1 saturated heterocycles. The number of pyridine rings is 1. The number of morpholine rings is 1. The largest absolute Gasteiger partial charge is 0.491 e. The van der Waals surface area contributed by atoms with Crippen LogP contribution in [0, 0.1) is 0 Å². The fraction of sp³-hybridized carbons (Fsp3) is 0.381. The van der Waals surface area contributed by atoms with Gasteiger partial charge in [-0.1, -0.05) is 18.2 Å². The number of fused-ring (bicyclic) bond motifs is 3. The van der Waals surface area contributed by atoms with Gasteiger partial charge in [0.2, 0.25) is 0 Å². The number of para-hydroxylation sites is 1. The van der Waals surface area contributed by atoms with Gasteiger partial charge in [0.05, 0.1) is 42.6 Å². The molecule has 0 spiro atoms. The van der Waals surface area contributed by atoms with Crippen molar-refractivity contribution in [3.05, 3.63) is 48.2 Å². The number of benzene rings is 1. The highest BCUT2D eigenvalue weighted by molar-refractivity contribution is 6.11. The predicted octanol–water partition coefficient (Wildman–Crippen LogP) is 2.98. The van der Waals surface area contributed by atoms with Gasteiger partial charge in [0.15, 0.2) is 0 Å². The van der Waals surface area contributed by atoms with E-state index in [-0.39, 0.29) is 5.97 Å². The van der Waals surface area contributed by atoms with Crippen LogP contribution in [0.2, 0.25) is 0 Å². The summed E-state index contributed by atoms with van der Waals surface area (Å²) < 4.78 is 18.6. The van der Waals surface area contributed by atoms with Crippen LogP contribution in [0.25, 0.3) is 16.4 Å². The molecule has 27 heavy (non-hydrogen) atoms. The number of hydrogen-bond acceptors (Lipinski definition) is 5. The van der Waals surface area contributed by atoms with Crippen LogP contribution in [0.5, 0.6) is 5.75 Å². The Morgan fingerprint density at radius 3 is 2.74 bits per heavy atom. The molecule has 3 aromatic rings. The van der Waals surface area contributed by atoms with Crippen LogP contribution >= 0.6 is 0 Å². The minimum absolute atomic E-state index is 0.294. The fourth-order valence-electron chi connectivity index (χ4n) is 3.54. The minimum Gasteiger partial charge on any atom is -0.491 e. The van der Waals surface area contributed by atoms with E-state index < -0.39 is 0 Å². The van der Waals surface area contributed by atoms with E-state index >= 15 is 0 Å². The van der Waals surface area contributed by atoms with Crippen LogP contribution in [0.4, 0.5) is 0 Å². The standard InChI is InChI=1S/C21H24N2O4/c1-2-26-21(24)20-17-5-3-4-6-18(17)23-15-16(7-8-19(20)23)27-14-11-22-9-12-25-13-10-22/h3-8,15H,2,9-14H2,1H3. The van der Waals surface area contributed by atoms with Crippen LogP contribution in [-0.4, -0.2) is 61.3 Å². The zero-order valence-corrected chi connectivity index (χ0v) is 15.5. The number of nitrogens with zero attached hydrogens (tertiary/aromatic N) is 2. The Kier molecular flexibility index (Phi) is 5.27. The second-order valence-corrected chi connectivity index (χ2v) is 6.54. The molecule has 0 atom stereocenters. The van der Waals surface area contributed by atoms with Crippen molar-refractivity contribution in [2.45, 2.75) is 6.92 Å². The lowest BCUT2D eigenvalue weighted by molar-refractivity contribution is 0.0322. The quantitative estimate of drug-likeness (QED) is 0.626. The third-order valence-corrected chi connectivity index (χ3v) is 4.87. The number of hydrogen-bond donors (Lipinski definition) is 0. The van der Waals surface area contributed by atoms with Crippen molar-refractivity contribution in [1.29, 1.82) is 0 Å². The Morgan fingerprint density at radius 2 is 1.93 bits per heavy atom. The molecule has 2 aromatic heterocycles. The third-order valence-electron chi connectivity index (χ3n) is 4.87. The first kappa shape index (κ1) is 17.8. The smallest absolute Gasteiger partial charge is 0.340 e. The summed E-state index contributed by atoms with van der Waals surface area (Å²) in [4.78, 5) is 14.8. The molecule has 4 rings (SSSR count). The molecule has 0 saturated carbocycles. The zero-order chi connectivity index (χ0) is 18.6. The molecule has 6 heteroatoms. The van der Waals surface area contributed by atoms with E-state index in [1.54, 1.807) is 0 Å². The monoisotopic (exact) mass is 368 g/mol. The normalized spacial score (nSPS) is 15.3. The average Bonchev–Trinajstić information content (AvgIpc) is 3.03. The van der Waals surface area contributed by atoms with Crippen LogP contribution in [0.3, 0.4) is 0 Å². The first-order valence-corrected chi connectivity index (χ1v) is 9.40. The van der Waals surface area contributed by atoms with E-state index in [1.807, 2.05) is 53.9 Å². The van der Waals surface area contributed by atoms with Gasteiger partial charge >= 0.3 is 5.97 Å². The summed E-state index contributed by atoms with van der Waals surface area (Å²) >= 11 is 0. The van der Waals surface area contributed by atoms with Gasteiger partial charge in [0.1, 0.15) is 12.4 Å². The number of carbonyl (C=O) groups is 1. The molecule has 0 unspecified atom stereocenters. The lowest BCUT2D eigenvalue weighted by Gasteiger charge is -2.26. The zero-order valence-electron chi connectivity index (χ0n) is 15.5. The first-order valence-electron chi connectivity index (χ1n) is 9.40. The molecular formula is C21H24N2O4. The van der Waals surface area contributed by atoms with Gasteiger partial charge in [-0.05, 0) is 25.1 Å². The maximum Gasteiger partial charge on any atom is 0.340 e. The third kappa shape index (κ3) is 3.63. The Morgan fingerprint density at radius 1 is 1.11 bits per heavy atom. The molecule has 1 fully saturated rings. The molecule has 0 N–H and O–H groups in total. The van der Waals surface area contributed by atoms with Gasteiger partial charge in [0, 0.05) is 25.0 Å². The molecule has 0 amide bonds. The van der Waals surface area contributed by atoms with E-state index in [2.05, 4.69) is 4.90 Å². The van der Waals surface area contributed by atoms with E-state index in [0.29, 0.717) is 18.8 Å². The average molecular weight is 368 g/mol. The summed E-state index contributed by atoms with van der Waals surface area (Å²) in [6.45, 7) is 7.15. The summed E-state index contributed by atoms with van der Waals surface area (Å²) in [5.41, 5.74) is 2.40. The first-order chi connectivity index (χ1) is 13.3. The molecule has 6 nitrogen and oxygen atoms in total. The molecular weight excluding hydrogens is 344 g/mol. The maximum atomic E-state index is 12.5. The number of esters is 1. The lowest BCUT2D eigenvalue weighted by Crippen LogP contribution is -2.38. The van der Waals surface area contributed by atoms with Crippen LogP contribution in [0.1, 0.15) is 17.3 Å². The molecule has 1 aliphatic heterocycles. The SMILES string of the molecule is CCOC(=O)c1c2ccccc2n2cc(OCCN3CCOCC3)ccc12. The number of rotatable bonds is 6. The van der Waals surface area contributed by atoms with Crippen molar-refractivity contribution in [3.8, 4) is 5.75 Å². The molecule has 1 aromatic carbocycles. The van der Waals surface area contributed by atoms with Gasteiger partial charge in [0.25, 0.3) is 0 Å².